The van der Waals surface area contributed by atoms with Crippen LogP contribution >= 0.6 is 11.6 Å². The van der Waals surface area contributed by atoms with Gasteiger partial charge in [-0.1, -0.05) is 41.4 Å². The first-order valence-electron chi connectivity index (χ1n) is 11.8. The molecule has 0 bridgehead atoms. The number of carbonyl (C=O) groups is 1. The molecular weight excluding hydrogens is 524 g/mol. The van der Waals surface area contributed by atoms with Gasteiger partial charge in [0.15, 0.2) is 6.61 Å². The minimum Gasteiger partial charge on any atom is -0.497 e. The molecule has 4 aromatic carbocycles. The molecule has 1 amide bonds. The van der Waals surface area contributed by atoms with E-state index in [0.29, 0.717) is 27.9 Å². The van der Waals surface area contributed by atoms with Crippen LogP contribution in [0.5, 0.6) is 11.5 Å². The third-order valence-corrected chi connectivity index (χ3v) is 7.76. The number of hydrogen-bond acceptors (Lipinski definition) is 5. The minimum absolute atomic E-state index is 0.109. The molecule has 0 unspecified atom stereocenters. The van der Waals surface area contributed by atoms with Gasteiger partial charge in [0.25, 0.3) is 15.9 Å². The van der Waals surface area contributed by atoms with Gasteiger partial charge in [0, 0.05) is 10.7 Å². The van der Waals surface area contributed by atoms with Crippen LogP contribution in [0.15, 0.2) is 102 Å². The van der Waals surface area contributed by atoms with Gasteiger partial charge in [0.1, 0.15) is 11.5 Å². The van der Waals surface area contributed by atoms with Crippen molar-refractivity contribution in [3.63, 3.8) is 0 Å². The van der Waals surface area contributed by atoms with Crippen molar-refractivity contribution in [3.05, 3.63) is 113 Å². The lowest BCUT2D eigenvalue weighted by molar-refractivity contribution is -0.118. The van der Waals surface area contributed by atoms with Crippen molar-refractivity contribution in [3.8, 4) is 11.5 Å². The van der Waals surface area contributed by atoms with Gasteiger partial charge < -0.3 is 14.8 Å². The Morgan fingerprint density at radius 2 is 1.45 bits per heavy atom. The minimum atomic E-state index is -3.87. The van der Waals surface area contributed by atoms with Gasteiger partial charge in [-0.2, -0.15) is 0 Å². The molecule has 0 saturated heterocycles. The van der Waals surface area contributed by atoms with Crippen LogP contribution in [0.1, 0.15) is 11.1 Å². The summed E-state index contributed by atoms with van der Waals surface area (Å²) in [6, 6.07) is 27.3. The fraction of sp³-hybridized carbons (Fsp3) is 0.138. The molecule has 0 radical (unpaired) electrons. The van der Waals surface area contributed by atoms with E-state index < -0.39 is 10.0 Å². The lowest BCUT2D eigenvalue weighted by Gasteiger charge is -2.25. The highest BCUT2D eigenvalue weighted by atomic mass is 35.5. The first-order chi connectivity index (χ1) is 18.2. The van der Waals surface area contributed by atoms with E-state index in [4.69, 9.17) is 21.1 Å². The summed E-state index contributed by atoms with van der Waals surface area (Å²) in [5.74, 6) is 0.789. The molecule has 4 rings (SSSR count). The SMILES string of the molecule is COc1ccc(NC(=O)COc2ccc(N(Cc3ccc(Cl)cc3)S(=O)(=O)c3ccc(C)cc3)cc2)cc1. The highest BCUT2D eigenvalue weighted by Crippen LogP contribution is 2.28. The summed E-state index contributed by atoms with van der Waals surface area (Å²) in [5.41, 5.74) is 2.82. The molecule has 0 heterocycles. The molecule has 1 N–H and O–H groups in total. The van der Waals surface area contributed by atoms with Gasteiger partial charge in [-0.25, -0.2) is 8.42 Å². The highest BCUT2D eigenvalue weighted by Gasteiger charge is 2.25. The van der Waals surface area contributed by atoms with Crippen molar-refractivity contribution in [1.82, 2.24) is 0 Å². The molecule has 196 valence electrons. The molecule has 9 heteroatoms. The molecule has 0 aromatic heterocycles. The number of aryl methyl sites for hydroxylation is 1. The number of hydrogen-bond donors (Lipinski definition) is 1. The van der Waals surface area contributed by atoms with Gasteiger partial charge in [-0.3, -0.25) is 9.10 Å². The zero-order valence-electron chi connectivity index (χ0n) is 20.9. The summed E-state index contributed by atoms with van der Waals surface area (Å²) in [6.07, 6.45) is 0. The summed E-state index contributed by atoms with van der Waals surface area (Å²) >= 11 is 6.01. The van der Waals surface area contributed by atoms with Gasteiger partial charge in [0.2, 0.25) is 0 Å². The number of ether oxygens (including phenoxy) is 2. The number of sulfonamides is 1. The Balaban J connectivity index is 1.49. The van der Waals surface area contributed by atoms with Crippen molar-refractivity contribution in [1.29, 1.82) is 0 Å². The summed E-state index contributed by atoms with van der Waals surface area (Å²) in [5, 5.41) is 3.32. The van der Waals surface area contributed by atoms with Crippen LogP contribution in [0.2, 0.25) is 5.02 Å². The number of halogens is 1. The summed E-state index contributed by atoms with van der Waals surface area (Å²) in [7, 11) is -2.30. The van der Waals surface area contributed by atoms with E-state index in [1.807, 2.05) is 6.92 Å². The fourth-order valence-electron chi connectivity index (χ4n) is 3.64. The van der Waals surface area contributed by atoms with Gasteiger partial charge in [0.05, 0.1) is 24.2 Å². The normalized spacial score (nSPS) is 11.0. The number of amides is 1. The van der Waals surface area contributed by atoms with E-state index in [-0.39, 0.29) is 24.0 Å². The van der Waals surface area contributed by atoms with Crippen LogP contribution < -0.4 is 19.1 Å². The Labute approximate surface area is 227 Å². The molecule has 4 aromatic rings. The second kappa shape index (κ2) is 12.0. The molecule has 0 atom stereocenters. The molecule has 0 saturated carbocycles. The zero-order chi connectivity index (χ0) is 27.1. The number of methoxy groups -OCH3 is 1. The van der Waals surface area contributed by atoms with Crippen LogP contribution in [-0.4, -0.2) is 28.0 Å². The number of benzene rings is 4. The van der Waals surface area contributed by atoms with Crippen LogP contribution in [-0.2, 0) is 21.4 Å². The van der Waals surface area contributed by atoms with E-state index in [0.717, 1.165) is 11.1 Å². The van der Waals surface area contributed by atoms with Crippen molar-refractivity contribution >= 4 is 38.9 Å². The first kappa shape index (κ1) is 27.0. The Morgan fingerprint density at radius 3 is 2.05 bits per heavy atom. The van der Waals surface area contributed by atoms with Crippen LogP contribution in [0.4, 0.5) is 11.4 Å². The van der Waals surface area contributed by atoms with E-state index in [2.05, 4.69) is 5.32 Å². The number of rotatable bonds is 10. The largest absolute Gasteiger partial charge is 0.497 e. The Bertz CT molecular complexity index is 1470. The van der Waals surface area contributed by atoms with Crippen LogP contribution in [0, 0.1) is 6.92 Å². The summed E-state index contributed by atoms with van der Waals surface area (Å²) in [4.78, 5) is 12.5. The van der Waals surface area contributed by atoms with Crippen LogP contribution in [0.3, 0.4) is 0 Å². The predicted octanol–water partition coefficient (Wildman–Crippen LogP) is 6.07. The molecule has 38 heavy (non-hydrogen) atoms. The van der Waals surface area contributed by atoms with Gasteiger partial charge in [-0.05, 0) is 85.3 Å². The second-order valence-corrected chi connectivity index (χ2v) is 10.8. The monoisotopic (exact) mass is 550 g/mol. The van der Waals surface area contributed by atoms with Gasteiger partial charge >= 0.3 is 0 Å². The Hall–Kier alpha value is -4.01. The lowest BCUT2D eigenvalue weighted by atomic mass is 10.2. The predicted molar refractivity (Wildman–Crippen MR) is 150 cm³/mol. The molecule has 0 aliphatic carbocycles. The Kier molecular flexibility index (Phi) is 8.55. The van der Waals surface area contributed by atoms with E-state index in [1.165, 1.54) is 4.31 Å². The fourth-order valence-corrected chi connectivity index (χ4v) is 5.22. The molecule has 7 nitrogen and oxygen atoms in total. The maximum absolute atomic E-state index is 13.6. The average Bonchev–Trinajstić information content (AvgIpc) is 2.92. The second-order valence-electron chi connectivity index (χ2n) is 8.51. The van der Waals surface area contributed by atoms with E-state index in [1.54, 1.807) is 104 Å². The van der Waals surface area contributed by atoms with E-state index >= 15 is 0 Å². The Morgan fingerprint density at radius 1 is 0.842 bits per heavy atom. The third kappa shape index (κ3) is 6.85. The lowest BCUT2D eigenvalue weighted by Crippen LogP contribution is -2.30. The molecule has 0 fully saturated rings. The topological polar surface area (TPSA) is 84.9 Å². The standard InChI is InChI=1S/C29H27ClN2O5S/c1-21-3-17-28(18-4-21)38(34,35)32(19-22-5-7-23(30)8-6-22)25-11-15-27(16-12-25)37-20-29(33)31-24-9-13-26(36-2)14-10-24/h3-18H,19-20H2,1-2H3,(H,31,33). The quantitative estimate of drug-likeness (QED) is 0.259. The van der Waals surface area contributed by atoms with Crippen LogP contribution in [0.25, 0.3) is 0 Å². The van der Waals surface area contributed by atoms with Crippen molar-refractivity contribution < 1.29 is 22.7 Å². The maximum Gasteiger partial charge on any atom is 0.264 e. The number of nitrogens with one attached hydrogen (secondary N) is 1. The van der Waals surface area contributed by atoms with Gasteiger partial charge in [-0.15, -0.1) is 0 Å². The first-order valence-corrected chi connectivity index (χ1v) is 13.6. The summed E-state index contributed by atoms with van der Waals surface area (Å²) < 4.78 is 39.3. The molecular formula is C29H27ClN2O5S. The van der Waals surface area contributed by atoms with Crippen molar-refractivity contribution in [2.45, 2.75) is 18.4 Å². The maximum atomic E-state index is 13.6. The van der Waals surface area contributed by atoms with Crippen molar-refractivity contribution in [2.24, 2.45) is 0 Å². The smallest absolute Gasteiger partial charge is 0.264 e. The highest BCUT2D eigenvalue weighted by molar-refractivity contribution is 7.92. The zero-order valence-corrected chi connectivity index (χ0v) is 22.5. The molecule has 0 aliphatic rings. The number of anilines is 2. The number of nitrogens with zero attached hydrogens (tertiary/aromatic N) is 1. The molecule has 0 spiro atoms. The summed E-state index contributed by atoms with van der Waals surface area (Å²) in [6.45, 7) is 1.80. The average molecular weight is 551 g/mol. The van der Waals surface area contributed by atoms with Crippen molar-refractivity contribution in [2.75, 3.05) is 23.3 Å². The number of carbonyl (C=O) groups excluding carboxylic acids is 1. The van der Waals surface area contributed by atoms with E-state index in [9.17, 15) is 13.2 Å². The third-order valence-electron chi connectivity index (χ3n) is 5.72. The molecule has 0 aliphatic heterocycles.